The summed E-state index contributed by atoms with van der Waals surface area (Å²) in [5.41, 5.74) is 7.07. The minimum absolute atomic E-state index is 1.01. The number of aromatic nitrogens is 2. The topological polar surface area (TPSA) is 25.8 Å². The third kappa shape index (κ3) is 4.58. The Hall–Kier alpha value is -0.581. The number of aryl methyl sites for hydroxylation is 4. The molecule has 0 radical (unpaired) electrons. The molecule has 25 heavy (non-hydrogen) atoms. The summed E-state index contributed by atoms with van der Waals surface area (Å²) in [5, 5.41) is 2.41. The third-order valence-corrected chi connectivity index (χ3v) is 18.0. The van der Waals surface area contributed by atoms with Crippen molar-refractivity contribution in [1.82, 2.24) is 9.97 Å². The average molecular weight is 484 g/mol. The molecular weight excluding hydrogens is 458 g/mol. The molecule has 1 aromatic carbocycles. The minimum atomic E-state index is -2.34. The molecule has 0 spiro atoms. The number of rotatable bonds is 2. The smallest absolute Gasteiger partial charge is 0.0967 e. The van der Waals surface area contributed by atoms with Gasteiger partial charge in [0.2, 0.25) is 0 Å². The molecule has 2 aromatic heterocycles. The Kier molecular flexibility index (Phi) is 6.97. The molecule has 0 fully saturated rings. The monoisotopic (exact) mass is 484 g/mol. The normalized spacial score (nSPS) is 11.5. The van der Waals surface area contributed by atoms with Crippen LogP contribution in [0.15, 0.2) is 24.5 Å². The fourth-order valence-corrected chi connectivity index (χ4v) is 4.06. The molecule has 3 aromatic rings. The first-order chi connectivity index (χ1) is 11.7. The van der Waals surface area contributed by atoms with Gasteiger partial charge in [0.1, 0.15) is 0 Å². The number of benzene rings is 1. The molecule has 0 aliphatic rings. The molecule has 0 bridgehead atoms. The number of nitrogens with zero attached hydrogens (tertiary/aromatic N) is 2. The van der Waals surface area contributed by atoms with Crippen LogP contribution in [0.5, 0.6) is 0 Å². The van der Waals surface area contributed by atoms with Crippen molar-refractivity contribution in [2.75, 3.05) is 0 Å². The Balaban J connectivity index is 0.000000277. The maximum absolute atomic E-state index is 5.88. The summed E-state index contributed by atoms with van der Waals surface area (Å²) in [6, 6.07) is 4.34. The van der Waals surface area contributed by atoms with E-state index in [1.165, 1.54) is 33.0 Å². The molecule has 3 rings (SSSR count). The van der Waals surface area contributed by atoms with Gasteiger partial charge in [-0.05, 0) is 49.9 Å². The van der Waals surface area contributed by atoms with Crippen molar-refractivity contribution in [3.05, 3.63) is 46.8 Å². The standard InChI is InChI=1S/C16H16N2.2C2H5.2ClH.Sn/c1-9-7-17-15-13(11(9)3)5-6-14-12(4)10(2)8-18-16(14)15;2*1-2;;;/h5-8H,1-4H3;2*1H2,2H3;2*1H;/q;;;;;+2/p-2. The molecule has 0 saturated heterocycles. The maximum Gasteiger partial charge on any atom is 0.0967 e. The Morgan fingerprint density at radius 3 is 1.40 bits per heavy atom. The van der Waals surface area contributed by atoms with Gasteiger partial charge >= 0.3 is 56.7 Å². The Morgan fingerprint density at radius 1 is 0.760 bits per heavy atom. The minimum Gasteiger partial charge on any atom is -0.254 e. The zero-order chi connectivity index (χ0) is 18.8. The number of fused-ring (bicyclic) bond motifs is 3. The predicted molar refractivity (Wildman–Crippen MR) is 114 cm³/mol. The molecular formula is C20H26Cl2N2Sn. The van der Waals surface area contributed by atoms with Crippen molar-refractivity contribution < 1.29 is 0 Å². The summed E-state index contributed by atoms with van der Waals surface area (Å²) in [5.74, 6) is 0. The van der Waals surface area contributed by atoms with Crippen molar-refractivity contribution in [3.8, 4) is 0 Å². The van der Waals surface area contributed by atoms with Crippen LogP contribution < -0.4 is 0 Å². The van der Waals surface area contributed by atoms with Gasteiger partial charge < -0.3 is 0 Å². The largest absolute Gasteiger partial charge is 0.254 e. The van der Waals surface area contributed by atoms with E-state index in [9.17, 15) is 0 Å². The summed E-state index contributed by atoms with van der Waals surface area (Å²) in [6.45, 7) is 12.6. The first-order valence-electron chi connectivity index (χ1n) is 8.70. The second kappa shape index (κ2) is 8.41. The van der Waals surface area contributed by atoms with Gasteiger partial charge in [0.05, 0.1) is 11.0 Å². The van der Waals surface area contributed by atoms with E-state index in [0.29, 0.717) is 0 Å². The van der Waals surface area contributed by atoms with Gasteiger partial charge in [-0.2, -0.15) is 0 Å². The van der Waals surface area contributed by atoms with Gasteiger partial charge in [0.15, 0.2) is 0 Å². The molecule has 0 N–H and O–H groups in total. The van der Waals surface area contributed by atoms with Crippen molar-refractivity contribution in [2.24, 2.45) is 0 Å². The van der Waals surface area contributed by atoms with E-state index >= 15 is 0 Å². The Labute approximate surface area is 162 Å². The first kappa shape index (κ1) is 20.7. The van der Waals surface area contributed by atoms with Crippen LogP contribution >= 0.6 is 17.8 Å². The zero-order valence-electron chi connectivity index (χ0n) is 15.9. The van der Waals surface area contributed by atoms with Crippen molar-refractivity contribution in [1.29, 1.82) is 0 Å². The maximum atomic E-state index is 5.88. The quantitative estimate of drug-likeness (QED) is 0.291. The predicted octanol–water partition coefficient (Wildman–Crippen LogP) is 6.96. The fourth-order valence-electron chi connectivity index (χ4n) is 2.64. The molecule has 0 aliphatic heterocycles. The summed E-state index contributed by atoms with van der Waals surface area (Å²) < 4.78 is 2.07. The van der Waals surface area contributed by atoms with Crippen LogP contribution in [0.2, 0.25) is 8.87 Å². The first-order valence-corrected chi connectivity index (χ1v) is 20.0. The van der Waals surface area contributed by atoms with Gasteiger partial charge in [0, 0.05) is 23.2 Å². The van der Waals surface area contributed by atoms with Crippen LogP contribution in [0, 0.1) is 27.7 Å². The average Bonchev–Trinajstić information content (AvgIpc) is 2.61. The van der Waals surface area contributed by atoms with Crippen LogP contribution in [-0.4, -0.2) is 26.1 Å². The SMILES string of the molecule is C[CH2][Sn]([Cl])([Cl])[CH2]C.Cc1cnc2c(ccc3c(C)c(C)cnc32)c1C. The van der Waals surface area contributed by atoms with E-state index in [4.69, 9.17) is 17.8 Å². The number of pyridine rings is 2. The van der Waals surface area contributed by atoms with E-state index in [2.05, 4.69) is 63.6 Å². The number of halogens is 2. The molecule has 2 nitrogen and oxygen atoms in total. The fraction of sp³-hybridized carbons (Fsp3) is 0.400. The van der Waals surface area contributed by atoms with Gasteiger partial charge in [-0.3, -0.25) is 9.97 Å². The summed E-state index contributed by atoms with van der Waals surface area (Å²) in [4.78, 5) is 9.16. The molecule has 0 atom stereocenters. The van der Waals surface area contributed by atoms with E-state index in [0.717, 1.165) is 19.9 Å². The molecule has 0 unspecified atom stereocenters. The van der Waals surface area contributed by atoms with Crippen LogP contribution in [-0.2, 0) is 0 Å². The molecule has 0 aliphatic carbocycles. The summed E-state index contributed by atoms with van der Waals surface area (Å²) in [6.07, 6.45) is 3.88. The molecule has 134 valence electrons. The van der Waals surface area contributed by atoms with E-state index in [1.54, 1.807) is 0 Å². The van der Waals surface area contributed by atoms with Crippen LogP contribution in [0.3, 0.4) is 0 Å². The molecule has 0 amide bonds. The third-order valence-electron chi connectivity index (χ3n) is 4.95. The summed E-state index contributed by atoms with van der Waals surface area (Å²) >= 11 is -2.34. The zero-order valence-corrected chi connectivity index (χ0v) is 20.2. The number of hydrogen-bond donors (Lipinski definition) is 0. The van der Waals surface area contributed by atoms with Gasteiger partial charge in [0.25, 0.3) is 0 Å². The Bertz CT molecular complexity index is 834. The van der Waals surface area contributed by atoms with E-state index < -0.39 is 16.1 Å². The van der Waals surface area contributed by atoms with Crippen molar-refractivity contribution in [2.45, 2.75) is 50.4 Å². The van der Waals surface area contributed by atoms with E-state index in [1.807, 2.05) is 12.4 Å². The van der Waals surface area contributed by atoms with Crippen molar-refractivity contribution >= 4 is 55.8 Å². The Morgan fingerprint density at radius 2 is 1.12 bits per heavy atom. The van der Waals surface area contributed by atoms with Crippen LogP contribution in [0.1, 0.15) is 36.1 Å². The molecule has 2 heterocycles. The van der Waals surface area contributed by atoms with Gasteiger partial charge in [-0.15, -0.1) is 0 Å². The van der Waals surface area contributed by atoms with Crippen LogP contribution in [0.25, 0.3) is 21.8 Å². The van der Waals surface area contributed by atoms with E-state index in [-0.39, 0.29) is 0 Å². The van der Waals surface area contributed by atoms with Gasteiger partial charge in [-0.1, -0.05) is 12.1 Å². The van der Waals surface area contributed by atoms with Crippen molar-refractivity contribution in [3.63, 3.8) is 0 Å². The second-order valence-electron chi connectivity index (χ2n) is 6.55. The van der Waals surface area contributed by atoms with Gasteiger partial charge in [-0.25, -0.2) is 0 Å². The second-order valence-corrected chi connectivity index (χ2v) is 26.5. The summed E-state index contributed by atoms with van der Waals surface area (Å²) in [7, 11) is 11.8. The molecule has 0 saturated carbocycles. The number of hydrogen-bond acceptors (Lipinski definition) is 2. The molecule has 5 heteroatoms. The van der Waals surface area contributed by atoms with Crippen LogP contribution in [0.4, 0.5) is 0 Å².